The number of sulfonamides is 1. The fraction of sp³-hybridized carbons (Fsp3) is 0.600. The van der Waals surface area contributed by atoms with E-state index in [2.05, 4.69) is 30.8 Å². The van der Waals surface area contributed by atoms with Crippen molar-refractivity contribution in [1.29, 1.82) is 0 Å². The number of rotatable bonds is 8. The maximum Gasteiger partial charge on any atom is 0.240 e. The van der Waals surface area contributed by atoms with Gasteiger partial charge in [-0.2, -0.15) is 0 Å². The van der Waals surface area contributed by atoms with Crippen molar-refractivity contribution >= 4 is 10.0 Å². The minimum Gasteiger partial charge on any atom is -0.310 e. The molecule has 0 heterocycles. The fourth-order valence-corrected chi connectivity index (χ4v) is 2.75. The van der Waals surface area contributed by atoms with Crippen molar-refractivity contribution in [2.24, 2.45) is 5.92 Å². The van der Waals surface area contributed by atoms with Gasteiger partial charge in [0, 0.05) is 19.1 Å². The summed E-state index contributed by atoms with van der Waals surface area (Å²) in [5.74, 6) is 0.347. The van der Waals surface area contributed by atoms with Gasteiger partial charge in [0.05, 0.1) is 4.90 Å². The molecule has 0 saturated heterocycles. The Morgan fingerprint density at radius 1 is 1.10 bits per heavy atom. The molecular weight excluding hydrogens is 272 g/mol. The van der Waals surface area contributed by atoms with E-state index >= 15 is 0 Å². The van der Waals surface area contributed by atoms with Gasteiger partial charge in [0.15, 0.2) is 0 Å². The standard InChI is InChI=1S/C15H26N2O2S/c1-5-13(4)10-17-20(18,19)15-8-6-14(7-9-15)11-16-12(2)3/h6-9,12-13,16-17H,5,10-11H2,1-4H3. The molecule has 0 aromatic heterocycles. The molecule has 114 valence electrons. The Morgan fingerprint density at radius 3 is 2.20 bits per heavy atom. The summed E-state index contributed by atoms with van der Waals surface area (Å²) in [5, 5.41) is 3.30. The van der Waals surface area contributed by atoms with Gasteiger partial charge in [0.1, 0.15) is 0 Å². The monoisotopic (exact) mass is 298 g/mol. The van der Waals surface area contributed by atoms with Gasteiger partial charge in [0.25, 0.3) is 0 Å². The highest BCUT2D eigenvalue weighted by molar-refractivity contribution is 7.89. The Kier molecular flexibility index (Phi) is 6.65. The molecule has 5 heteroatoms. The first-order valence-electron chi connectivity index (χ1n) is 7.17. The van der Waals surface area contributed by atoms with Crippen LogP contribution in [0.3, 0.4) is 0 Å². The smallest absolute Gasteiger partial charge is 0.240 e. The van der Waals surface area contributed by atoms with Gasteiger partial charge in [-0.25, -0.2) is 13.1 Å². The average Bonchev–Trinajstić information content (AvgIpc) is 2.43. The van der Waals surface area contributed by atoms with Gasteiger partial charge in [0.2, 0.25) is 10.0 Å². The van der Waals surface area contributed by atoms with Crippen LogP contribution in [0, 0.1) is 5.92 Å². The maximum absolute atomic E-state index is 12.1. The molecule has 0 radical (unpaired) electrons. The number of nitrogens with one attached hydrogen (secondary N) is 2. The average molecular weight is 298 g/mol. The molecule has 0 aliphatic carbocycles. The lowest BCUT2D eigenvalue weighted by molar-refractivity contribution is 0.528. The molecule has 0 fully saturated rings. The molecule has 0 bridgehead atoms. The lowest BCUT2D eigenvalue weighted by Crippen LogP contribution is -2.28. The first-order valence-corrected chi connectivity index (χ1v) is 8.65. The summed E-state index contributed by atoms with van der Waals surface area (Å²) in [6.45, 7) is 9.47. The predicted octanol–water partition coefficient (Wildman–Crippen LogP) is 2.51. The molecule has 1 aromatic carbocycles. The van der Waals surface area contributed by atoms with Crippen LogP contribution in [0.25, 0.3) is 0 Å². The molecule has 1 unspecified atom stereocenters. The quantitative estimate of drug-likeness (QED) is 0.775. The minimum atomic E-state index is -3.38. The topological polar surface area (TPSA) is 58.2 Å². The van der Waals surface area contributed by atoms with Crippen molar-refractivity contribution < 1.29 is 8.42 Å². The third kappa shape index (κ3) is 5.61. The molecule has 4 nitrogen and oxygen atoms in total. The summed E-state index contributed by atoms with van der Waals surface area (Å²) in [6, 6.07) is 7.45. The zero-order valence-corrected chi connectivity index (χ0v) is 13.6. The van der Waals surface area contributed by atoms with E-state index in [1.165, 1.54) is 0 Å². The Labute approximate surface area is 123 Å². The van der Waals surface area contributed by atoms with Crippen LogP contribution in [0.5, 0.6) is 0 Å². The highest BCUT2D eigenvalue weighted by Gasteiger charge is 2.14. The van der Waals surface area contributed by atoms with Crippen molar-refractivity contribution in [3.63, 3.8) is 0 Å². The Hall–Kier alpha value is -0.910. The normalized spacial score (nSPS) is 13.7. The van der Waals surface area contributed by atoms with Crippen LogP contribution in [0.4, 0.5) is 0 Å². The van der Waals surface area contributed by atoms with E-state index in [9.17, 15) is 8.42 Å². The second-order valence-electron chi connectivity index (χ2n) is 5.54. The largest absolute Gasteiger partial charge is 0.310 e. The minimum absolute atomic E-state index is 0.328. The molecule has 0 spiro atoms. The summed E-state index contributed by atoms with van der Waals surface area (Å²) in [6.07, 6.45) is 0.961. The second-order valence-corrected chi connectivity index (χ2v) is 7.31. The van der Waals surface area contributed by atoms with E-state index in [1.807, 2.05) is 19.1 Å². The first-order chi connectivity index (χ1) is 9.35. The molecule has 1 rings (SSSR count). The molecule has 0 saturated carbocycles. The molecule has 0 amide bonds. The van der Waals surface area contributed by atoms with Crippen LogP contribution in [0.1, 0.15) is 39.7 Å². The summed E-state index contributed by atoms with van der Waals surface area (Å²) in [5.41, 5.74) is 1.08. The molecule has 20 heavy (non-hydrogen) atoms. The molecule has 1 atom stereocenters. The predicted molar refractivity (Wildman–Crippen MR) is 83.1 cm³/mol. The second kappa shape index (κ2) is 7.76. The Morgan fingerprint density at radius 2 is 1.70 bits per heavy atom. The van der Waals surface area contributed by atoms with E-state index in [0.717, 1.165) is 18.5 Å². The summed E-state index contributed by atoms with van der Waals surface area (Å²) >= 11 is 0. The highest BCUT2D eigenvalue weighted by atomic mass is 32.2. The van der Waals surface area contributed by atoms with Crippen LogP contribution >= 0.6 is 0 Å². The molecular formula is C15H26N2O2S. The third-order valence-electron chi connectivity index (χ3n) is 3.27. The number of hydrogen-bond acceptors (Lipinski definition) is 3. The lowest BCUT2D eigenvalue weighted by atomic mass is 10.1. The van der Waals surface area contributed by atoms with Gasteiger partial charge >= 0.3 is 0 Å². The van der Waals surface area contributed by atoms with Gasteiger partial charge in [-0.3, -0.25) is 0 Å². The van der Waals surface area contributed by atoms with E-state index in [1.54, 1.807) is 12.1 Å². The summed E-state index contributed by atoms with van der Waals surface area (Å²) < 4.78 is 26.9. The first kappa shape index (κ1) is 17.1. The van der Waals surface area contributed by atoms with Gasteiger partial charge in [-0.1, -0.05) is 46.2 Å². The Bertz CT molecular complexity index is 495. The maximum atomic E-state index is 12.1. The zero-order valence-electron chi connectivity index (χ0n) is 12.8. The fourth-order valence-electron chi connectivity index (χ4n) is 1.59. The van der Waals surface area contributed by atoms with Crippen LogP contribution < -0.4 is 10.0 Å². The highest BCUT2D eigenvalue weighted by Crippen LogP contribution is 2.11. The van der Waals surface area contributed by atoms with Gasteiger partial charge in [-0.05, 0) is 23.6 Å². The summed E-state index contributed by atoms with van der Waals surface area (Å²) in [4.78, 5) is 0.328. The Balaban J connectivity index is 2.67. The van der Waals surface area contributed by atoms with E-state index in [-0.39, 0.29) is 0 Å². The van der Waals surface area contributed by atoms with Gasteiger partial charge < -0.3 is 5.32 Å². The van der Waals surface area contributed by atoms with Crippen molar-refractivity contribution in [1.82, 2.24) is 10.0 Å². The van der Waals surface area contributed by atoms with E-state index in [0.29, 0.717) is 23.4 Å². The number of benzene rings is 1. The summed E-state index contributed by atoms with van der Waals surface area (Å²) in [7, 11) is -3.38. The van der Waals surface area contributed by atoms with Crippen molar-refractivity contribution in [2.75, 3.05) is 6.54 Å². The lowest BCUT2D eigenvalue weighted by Gasteiger charge is -2.12. The van der Waals surface area contributed by atoms with Crippen LogP contribution in [0.2, 0.25) is 0 Å². The molecule has 2 N–H and O–H groups in total. The third-order valence-corrected chi connectivity index (χ3v) is 4.71. The van der Waals surface area contributed by atoms with Crippen LogP contribution in [0.15, 0.2) is 29.2 Å². The zero-order chi connectivity index (χ0) is 15.2. The molecule has 1 aromatic rings. The van der Waals surface area contributed by atoms with Crippen LogP contribution in [-0.2, 0) is 16.6 Å². The number of hydrogen-bond donors (Lipinski definition) is 2. The SMILES string of the molecule is CCC(C)CNS(=O)(=O)c1ccc(CNC(C)C)cc1. The van der Waals surface area contributed by atoms with E-state index in [4.69, 9.17) is 0 Å². The van der Waals surface area contributed by atoms with Crippen LogP contribution in [-0.4, -0.2) is 21.0 Å². The van der Waals surface area contributed by atoms with Crippen molar-refractivity contribution in [2.45, 2.75) is 51.6 Å². The van der Waals surface area contributed by atoms with Crippen molar-refractivity contribution in [3.8, 4) is 0 Å². The molecule has 0 aliphatic heterocycles. The van der Waals surface area contributed by atoms with Crippen molar-refractivity contribution in [3.05, 3.63) is 29.8 Å². The molecule has 0 aliphatic rings. The van der Waals surface area contributed by atoms with E-state index < -0.39 is 10.0 Å². The van der Waals surface area contributed by atoms with Gasteiger partial charge in [-0.15, -0.1) is 0 Å².